The fourth-order valence-electron chi connectivity index (χ4n) is 1.91. The molecule has 5 heteroatoms. The largest absolute Gasteiger partial charge is 0.377 e. The van der Waals surface area contributed by atoms with Crippen molar-refractivity contribution in [3.8, 4) is 0 Å². The van der Waals surface area contributed by atoms with Gasteiger partial charge in [0.25, 0.3) is 0 Å². The highest BCUT2D eigenvalue weighted by Gasteiger charge is 2.15. The monoisotopic (exact) mass is 222 g/mol. The molecule has 0 amide bonds. The average molecular weight is 222 g/mol. The molecule has 1 aromatic rings. The summed E-state index contributed by atoms with van der Waals surface area (Å²) in [7, 11) is 3.53. The summed E-state index contributed by atoms with van der Waals surface area (Å²) in [6.07, 6.45) is 2.50. The highest BCUT2D eigenvalue weighted by Crippen LogP contribution is 2.20. The van der Waals surface area contributed by atoms with Crippen LogP contribution >= 0.6 is 0 Å². The van der Waals surface area contributed by atoms with E-state index in [4.69, 9.17) is 4.74 Å². The molecule has 16 heavy (non-hydrogen) atoms. The Labute approximate surface area is 95.8 Å². The van der Waals surface area contributed by atoms with Crippen LogP contribution in [0.4, 0.5) is 11.6 Å². The molecular weight excluding hydrogens is 204 g/mol. The Morgan fingerprint density at radius 1 is 1.38 bits per heavy atom. The summed E-state index contributed by atoms with van der Waals surface area (Å²) in [5.74, 6) is 2.59. The maximum atomic E-state index is 5.07. The third-order valence-electron chi connectivity index (χ3n) is 2.72. The Bertz CT molecular complexity index is 350. The zero-order valence-electron chi connectivity index (χ0n) is 9.86. The third kappa shape index (κ3) is 2.41. The number of nitrogens with one attached hydrogen (secondary N) is 1. The number of rotatable bonds is 4. The minimum absolute atomic E-state index is 0.455. The summed E-state index contributed by atoms with van der Waals surface area (Å²) < 4.78 is 5.07. The van der Waals surface area contributed by atoms with Gasteiger partial charge in [-0.25, -0.2) is 9.97 Å². The molecule has 0 aliphatic carbocycles. The lowest BCUT2D eigenvalue weighted by Crippen LogP contribution is -2.20. The van der Waals surface area contributed by atoms with Gasteiger partial charge < -0.3 is 15.0 Å². The molecule has 5 nitrogen and oxygen atoms in total. The molecule has 0 spiro atoms. The molecule has 2 rings (SSSR count). The van der Waals surface area contributed by atoms with Crippen LogP contribution < -0.4 is 10.2 Å². The van der Waals surface area contributed by atoms with Gasteiger partial charge in [-0.05, 0) is 12.8 Å². The molecule has 0 saturated carbocycles. The van der Waals surface area contributed by atoms with Crippen LogP contribution in [0.15, 0.2) is 6.07 Å². The number of anilines is 2. The first kappa shape index (κ1) is 11.1. The summed E-state index contributed by atoms with van der Waals surface area (Å²) >= 11 is 0. The van der Waals surface area contributed by atoms with E-state index >= 15 is 0 Å². The molecule has 2 heterocycles. The highest BCUT2D eigenvalue weighted by atomic mass is 16.5. The molecule has 0 atom stereocenters. The maximum Gasteiger partial charge on any atom is 0.158 e. The van der Waals surface area contributed by atoms with Crippen molar-refractivity contribution < 1.29 is 4.74 Å². The quantitative estimate of drug-likeness (QED) is 0.831. The normalized spacial score (nSPS) is 15.5. The van der Waals surface area contributed by atoms with Gasteiger partial charge >= 0.3 is 0 Å². The van der Waals surface area contributed by atoms with E-state index in [9.17, 15) is 0 Å². The van der Waals surface area contributed by atoms with Gasteiger partial charge in [-0.1, -0.05) is 0 Å². The highest BCUT2D eigenvalue weighted by molar-refractivity contribution is 5.49. The number of aromatic nitrogens is 2. The lowest BCUT2D eigenvalue weighted by atomic mass is 10.4. The maximum absolute atomic E-state index is 5.07. The van der Waals surface area contributed by atoms with Crippen molar-refractivity contribution in [2.75, 3.05) is 37.5 Å². The van der Waals surface area contributed by atoms with E-state index in [0.29, 0.717) is 6.61 Å². The van der Waals surface area contributed by atoms with Crippen molar-refractivity contribution in [2.45, 2.75) is 19.4 Å². The SMILES string of the molecule is CNc1cc(N2CCCC2)nc(COC)n1. The van der Waals surface area contributed by atoms with Gasteiger partial charge in [-0.2, -0.15) is 0 Å². The fourth-order valence-corrected chi connectivity index (χ4v) is 1.91. The van der Waals surface area contributed by atoms with Crippen molar-refractivity contribution in [2.24, 2.45) is 0 Å². The number of methoxy groups -OCH3 is 1. The summed E-state index contributed by atoms with van der Waals surface area (Å²) in [4.78, 5) is 11.1. The van der Waals surface area contributed by atoms with E-state index in [1.807, 2.05) is 13.1 Å². The van der Waals surface area contributed by atoms with E-state index < -0.39 is 0 Å². The molecule has 1 fully saturated rings. The number of nitrogens with zero attached hydrogens (tertiary/aromatic N) is 3. The zero-order chi connectivity index (χ0) is 11.4. The van der Waals surface area contributed by atoms with Crippen LogP contribution in [0.5, 0.6) is 0 Å². The van der Waals surface area contributed by atoms with Crippen molar-refractivity contribution in [1.29, 1.82) is 0 Å². The second kappa shape index (κ2) is 5.12. The van der Waals surface area contributed by atoms with E-state index in [-0.39, 0.29) is 0 Å². The Morgan fingerprint density at radius 2 is 2.12 bits per heavy atom. The van der Waals surface area contributed by atoms with Crippen molar-refractivity contribution >= 4 is 11.6 Å². The van der Waals surface area contributed by atoms with Gasteiger partial charge in [0.15, 0.2) is 5.82 Å². The molecule has 1 saturated heterocycles. The molecule has 0 radical (unpaired) electrons. The van der Waals surface area contributed by atoms with Crippen LogP contribution in [0.2, 0.25) is 0 Å². The lowest BCUT2D eigenvalue weighted by molar-refractivity contribution is 0.178. The second-order valence-electron chi connectivity index (χ2n) is 3.90. The zero-order valence-corrected chi connectivity index (χ0v) is 9.86. The average Bonchev–Trinajstić information content (AvgIpc) is 2.82. The number of hydrogen-bond donors (Lipinski definition) is 1. The standard InChI is InChI=1S/C11H18N4O/c1-12-9-7-11(15-5-3-4-6-15)14-10(13-9)8-16-2/h7H,3-6,8H2,1-2H3,(H,12,13,14). The van der Waals surface area contributed by atoms with Crippen LogP contribution in [0.1, 0.15) is 18.7 Å². The van der Waals surface area contributed by atoms with Crippen molar-refractivity contribution in [1.82, 2.24) is 9.97 Å². The van der Waals surface area contributed by atoms with Crippen LogP contribution in [0.3, 0.4) is 0 Å². The van der Waals surface area contributed by atoms with Crippen LogP contribution in [-0.2, 0) is 11.3 Å². The van der Waals surface area contributed by atoms with E-state index in [2.05, 4.69) is 20.2 Å². The minimum Gasteiger partial charge on any atom is -0.377 e. The molecule has 1 aromatic heterocycles. The Hall–Kier alpha value is -1.36. The smallest absolute Gasteiger partial charge is 0.158 e. The fraction of sp³-hybridized carbons (Fsp3) is 0.636. The van der Waals surface area contributed by atoms with Gasteiger partial charge in [-0.15, -0.1) is 0 Å². The topological polar surface area (TPSA) is 50.3 Å². The van der Waals surface area contributed by atoms with Gasteiger partial charge in [0.05, 0.1) is 0 Å². The summed E-state index contributed by atoms with van der Waals surface area (Å²) in [6.45, 7) is 2.63. The third-order valence-corrected chi connectivity index (χ3v) is 2.72. The molecular formula is C11H18N4O. The van der Waals surface area contributed by atoms with Crippen molar-refractivity contribution in [3.05, 3.63) is 11.9 Å². The first-order valence-electron chi connectivity index (χ1n) is 5.63. The minimum atomic E-state index is 0.455. The van der Waals surface area contributed by atoms with Crippen LogP contribution in [0.25, 0.3) is 0 Å². The lowest BCUT2D eigenvalue weighted by Gasteiger charge is -2.17. The molecule has 1 aliphatic heterocycles. The summed E-state index contributed by atoms with van der Waals surface area (Å²) in [5, 5.41) is 3.06. The Morgan fingerprint density at radius 3 is 2.75 bits per heavy atom. The second-order valence-corrected chi connectivity index (χ2v) is 3.90. The predicted octanol–water partition coefficient (Wildman–Crippen LogP) is 1.26. The first-order chi connectivity index (χ1) is 7.83. The van der Waals surface area contributed by atoms with Crippen LogP contribution in [0, 0.1) is 0 Å². The summed E-state index contributed by atoms with van der Waals surface area (Å²) in [6, 6.07) is 1.99. The molecule has 1 aliphatic rings. The van der Waals surface area contributed by atoms with Crippen LogP contribution in [-0.4, -0.2) is 37.2 Å². The van der Waals surface area contributed by atoms with Gasteiger partial charge in [0.2, 0.25) is 0 Å². The van der Waals surface area contributed by atoms with E-state index in [0.717, 1.165) is 30.5 Å². The van der Waals surface area contributed by atoms with Crippen molar-refractivity contribution in [3.63, 3.8) is 0 Å². The first-order valence-corrected chi connectivity index (χ1v) is 5.63. The Kier molecular flexibility index (Phi) is 3.56. The number of hydrogen-bond acceptors (Lipinski definition) is 5. The molecule has 1 N–H and O–H groups in total. The predicted molar refractivity (Wildman–Crippen MR) is 63.7 cm³/mol. The van der Waals surface area contributed by atoms with E-state index in [1.165, 1.54) is 12.8 Å². The van der Waals surface area contributed by atoms with E-state index in [1.54, 1.807) is 7.11 Å². The van der Waals surface area contributed by atoms with Gasteiger partial charge in [-0.3, -0.25) is 0 Å². The number of ether oxygens (including phenoxy) is 1. The Balaban J connectivity index is 2.24. The molecule has 0 unspecified atom stereocenters. The molecule has 0 bridgehead atoms. The molecule has 88 valence electrons. The van der Waals surface area contributed by atoms with Gasteiger partial charge in [0.1, 0.15) is 18.2 Å². The molecule has 0 aromatic carbocycles. The summed E-state index contributed by atoms with van der Waals surface area (Å²) in [5.41, 5.74) is 0. The van der Waals surface area contributed by atoms with Gasteiger partial charge in [0, 0.05) is 33.3 Å².